The summed E-state index contributed by atoms with van der Waals surface area (Å²) in [7, 11) is 4.51. The standard InChI is InChI=1S/C14H20F3NO3/c1-18(7-6-14(15,16)17)9-11(19)10-4-5-12(20-2)13(8-10)21-3/h4-5,8,11,19H,6-7,9H2,1-3H3. The predicted octanol–water partition coefficient (Wildman–Crippen LogP) is 2.62. The van der Waals surface area contributed by atoms with Gasteiger partial charge in [0.15, 0.2) is 11.5 Å². The van der Waals surface area contributed by atoms with Gasteiger partial charge in [-0.1, -0.05) is 6.07 Å². The Labute approximate surface area is 122 Å². The van der Waals surface area contributed by atoms with E-state index in [4.69, 9.17) is 9.47 Å². The van der Waals surface area contributed by atoms with Crippen LogP contribution in [-0.2, 0) is 0 Å². The Kier molecular flexibility index (Phi) is 6.29. The molecule has 0 saturated heterocycles. The molecular formula is C14H20F3NO3. The number of hydrogen-bond donors (Lipinski definition) is 1. The molecule has 4 nitrogen and oxygen atoms in total. The van der Waals surface area contributed by atoms with Crippen molar-refractivity contribution in [3.05, 3.63) is 23.8 Å². The molecule has 0 aliphatic rings. The maximum Gasteiger partial charge on any atom is 0.390 e. The van der Waals surface area contributed by atoms with Gasteiger partial charge in [0, 0.05) is 13.1 Å². The van der Waals surface area contributed by atoms with Gasteiger partial charge in [0.2, 0.25) is 0 Å². The van der Waals surface area contributed by atoms with E-state index in [2.05, 4.69) is 0 Å². The summed E-state index contributed by atoms with van der Waals surface area (Å²) < 4.78 is 46.6. The first-order valence-corrected chi connectivity index (χ1v) is 6.42. The number of halogens is 3. The molecule has 1 unspecified atom stereocenters. The lowest BCUT2D eigenvalue weighted by Crippen LogP contribution is -2.28. The van der Waals surface area contributed by atoms with Crippen molar-refractivity contribution in [1.82, 2.24) is 4.90 Å². The fourth-order valence-corrected chi connectivity index (χ4v) is 1.87. The number of nitrogens with zero attached hydrogens (tertiary/aromatic N) is 1. The summed E-state index contributed by atoms with van der Waals surface area (Å²) in [5, 5.41) is 10.1. The average Bonchev–Trinajstić information content (AvgIpc) is 2.43. The van der Waals surface area contributed by atoms with Crippen molar-refractivity contribution in [1.29, 1.82) is 0 Å². The molecule has 21 heavy (non-hydrogen) atoms. The van der Waals surface area contributed by atoms with Crippen molar-refractivity contribution in [2.75, 3.05) is 34.4 Å². The van der Waals surface area contributed by atoms with Crippen LogP contribution >= 0.6 is 0 Å². The van der Waals surface area contributed by atoms with E-state index in [0.717, 1.165) is 0 Å². The molecule has 0 spiro atoms. The van der Waals surface area contributed by atoms with Crippen LogP contribution in [0.4, 0.5) is 13.2 Å². The zero-order chi connectivity index (χ0) is 16.0. The summed E-state index contributed by atoms with van der Waals surface area (Å²) in [6, 6.07) is 4.91. The summed E-state index contributed by atoms with van der Waals surface area (Å²) in [4.78, 5) is 1.44. The number of methoxy groups -OCH3 is 2. The first-order chi connectivity index (χ1) is 9.76. The van der Waals surface area contributed by atoms with E-state index in [9.17, 15) is 18.3 Å². The van der Waals surface area contributed by atoms with Crippen LogP contribution < -0.4 is 9.47 Å². The van der Waals surface area contributed by atoms with Crippen LogP contribution in [0.5, 0.6) is 11.5 Å². The lowest BCUT2D eigenvalue weighted by atomic mass is 10.1. The van der Waals surface area contributed by atoms with Gasteiger partial charge in [-0.15, -0.1) is 0 Å². The molecule has 120 valence electrons. The van der Waals surface area contributed by atoms with E-state index >= 15 is 0 Å². The van der Waals surface area contributed by atoms with E-state index in [0.29, 0.717) is 17.1 Å². The van der Waals surface area contributed by atoms with E-state index in [1.165, 1.54) is 26.2 Å². The molecule has 0 saturated carbocycles. The molecule has 1 atom stereocenters. The topological polar surface area (TPSA) is 41.9 Å². The number of rotatable bonds is 7. The average molecular weight is 307 g/mol. The zero-order valence-corrected chi connectivity index (χ0v) is 12.3. The van der Waals surface area contributed by atoms with Gasteiger partial charge in [-0.05, 0) is 24.7 Å². The second-order valence-corrected chi connectivity index (χ2v) is 4.76. The number of aliphatic hydroxyl groups is 1. The smallest absolute Gasteiger partial charge is 0.390 e. The maximum atomic E-state index is 12.1. The van der Waals surface area contributed by atoms with Crippen molar-refractivity contribution < 1.29 is 27.8 Å². The van der Waals surface area contributed by atoms with Crippen molar-refractivity contribution in [3.63, 3.8) is 0 Å². The van der Waals surface area contributed by atoms with Gasteiger partial charge in [0.1, 0.15) is 0 Å². The van der Waals surface area contributed by atoms with Gasteiger partial charge in [0.05, 0.1) is 26.7 Å². The molecule has 1 rings (SSSR count). The van der Waals surface area contributed by atoms with Crippen molar-refractivity contribution >= 4 is 0 Å². The van der Waals surface area contributed by atoms with Gasteiger partial charge in [-0.25, -0.2) is 0 Å². The number of aliphatic hydroxyl groups excluding tert-OH is 1. The first kappa shape index (κ1) is 17.6. The molecule has 0 radical (unpaired) electrons. The SMILES string of the molecule is COc1ccc(C(O)CN(C)CCC(F)(F)F)cc1OC. The molecule has 7 heteroatoms. The predicted molar refractivity (Wildman–Crippen MR) is 72.7 cm³/mol. The largest absolute Gasteiger partial charge is 0.493 e. The van der Waals surface area contributed by atoms with Crippen LogP contribution in [0.3, 0.4) is 0 Å². The number of likely N-dealkylation sites (N-methyl/N-ethyl adjacent to an activating group) is 1. The minimum atomic E-state index is -4.19. The van der Waals surface area contributed by atoms with Gasteiger partial charge in [-0.2, -0.15) is 13.2 Å². The van der Waals surface area contributed by atoms with E-state index in [1.54, 1.807) is 18.2 Å². The van der Waals surface area contributed by atoms with Crippen LogP contribution in [0.1, 0.15) is 18.1 Å². The van der Waals surface area contributed by atoms with Gasteiger partial charge >= 0.3 is 6.18 Å². The second kappa shape index (κ2) is 7.51. The highest BCUT2D eigenvalue weighted by atomic mass is 19.4. The first-order valence-electron chi connectivity index (χ1n) is 6.42. The molecule has 1 N–H and O–H groups in total. The quantitative estimate of drug-likeness (QED) is 0.841. The summed E-state index contributed by atoms with van der Waals surface area (Å²) in [6.07, 6.45) is -5.99. The van der Waals surface area contributed by atoms with Gasteiger partial charge in [0.25, 0.3) is 0 Å². The Morgan fingerprint density at radius 3 is 2.33 bits per heavy atom. The maximum absolute atomic E-state index is 12.1. The number of ether oxygens (including phenoxy) is 2. The van der Waals surface area contributed by atoms with Crippen molar-refractivity contribution in [2.45, 2.75) is 18.7 Å². The molecule has 0 heterocycles. The Balaban J connectivity index is 2.64. The highest BCUT2D eigenvalue weighted by molar-refractivity contribution is 5.43. The zero-order valence-electron chi connectivity index (χ0n) is 12.3. The molecule has 0 amide bonds. The van der Waals surface area contributed by atoms with E-state index < -0.39 is 18.7 Å². The van der Waals surface area contributed by atoms with Crippen molar-refractivity contribution in [3.8, 4) is 11.5 Å². The molecule has 0 fully saturated rings. The molecule has 0 aliphatic heterocycles. The van der Waals surface area contributed by atoms with E-state index in [1.807, 2.05) is 0 Å². The Morgan fingerprint density at radius 2 is 1.81 bits per heavy atom. The highest BCUT2D eigenvalue weighted by Gasteiger charge is 2.27. The summed E-state index contributed by atoms with van der Waals surface area (Å²) in [5.74, 6) is 0.992. The van der Waals surface area contributed by atoms with Crippen LogP contribution in [-0.4, -0.2) is 50.5 Å². The van der Waals surface area contributed by atoms with Crippen molar-refractivity contribution in [2.24, 2.45) is 0 Å². The summed E-state index contributed by atoms with van der Waals surface area (Å²) >= 11 is 0. The third-order valence-electron chi connectivity index (χ3n) is 3.05. The Hall–Kier alpha value is -1.47. The molecular weight excluding hydrogens is 287 g/mol. The van der Waals surface area contributed by atoms with Crippen LogP contribution in [0, 0.1) is 0 Å². The fourth-order valence-electron chi connectivity index (χ4n) is 1.87. The molecule has 1 aromatic carbocycles. The minimum Gasteiger partial charge on any atom is -0.493 e. The normalized spacial score (nSPS) is 13.3. The number of hydrogen-bond acceptors (Lipinski definition) is 4. The summed E-state index contributed by atoms with van der Waals surface area (Å²) in [6.45, 7) is -0.0561. The van der Waals surface area contributed by atoms with E-state index in [-0.39, 0.29) is 13.1 Å². The van der Waals surface area contributed by atoms with Crippen LogP contribution in [0.15, 0.2) is 18.2 Å². The monoisotopic (exact) mass is 307 g/mol. The lowest BCUT2D eigenvalue weighted by Gasteiger charge is -2.22. The molecule has 0 bridgehead atoms. The third kappa shape index (κ3) is 5.81. The Bertz CT molecular complexity index is 452. The van der Waals surface area contributed by atoms with Gasteiger partial charge in [-0.3, -0.25) is 0 Å². The lowest BCUT2D eigenvalue weighted by molar-refractivity contribution is -0.137. The second-order valence-electron chi connectivity index (χ2n) is 4.76. The molecule has 0 aliphatic carbocycles. The molecule has 1 aromatic rings. The number of benzene rings is 1. The number of alkyl halides is 3. The third-order valence-corrected chi connectivity index (χ3v) is 3.05. The van der Waals surface area contributed by atoms with Gasteiger partial charge < -0.3 is 19.5 Å². The highest BCUT2D eigenvalue weighted by Crippen LogP contribution is 2.30. The summed E-state index contributed by atoms with van der Waals surface area (Å²) in [5.41, 5.74) is 0.562. The Morgan fingerprint density at radius 1 is 1.19 bits per heavy atom. The van der Waals surface area contributed by atoms with Crippen LogP contribution in [0.2, 0.25) is 0 Å². The minimum absolute atomic E-state index is 0.103. The molecule has 0 aromatic heterocycles. The fraction of sp³-hybridized carbons (Fsp3) is 0.571. The van der Waals surface area contributed by atoms with Crippen LogP contribution in [0.25, 0.3) is 0 Å².